The van der Waals surface area contributed by atoms with Crippen LogP contribution in [0.2, 0.25) is 10.0 Å². The van der Waals surface area contributed by atoms with E-state index in [1.54, 1.807) is 17.0 Å². The van der Waals surface area contributed by atoms with Crippen LogP contribution in [0.5, 0.6) is 5.75 Å². The molecule has 1 amide bonds. The number of amidine groups is 1. The number of halogens is 2. The first-order valence-corrected chi connectivity index (χ1v) is 13.6. The Bertz CT molecular complexity index is 1530. The molecule has 1 aliphatic rings. The lowest BCUT2D eigenvalue weighted by Gasteiger charge is -2.16. The summed E-state index contributed by atoms with van der Waals surface area (Å²) in [7, 11) is 0. The van der Waals surface area contributed by atoms with E-state index in [-0.39, 0.29) is 5.91 Å². The lowest BCUT2D eigenvalue weighted by atomic mass is 10.2. The summed E-state index contributed by atoms with van der Waals surface area (Å²) < 4.78 is 5.89. The van der Waals surface area contributed by atoms with Gasteiger partial charge in [-0.25, -0.2) is 4.99 Å². The smallest absolute Gasteiger partial charge is 0.271 e. The Morgan fingerprint density at radius 1 is 0.842 bits per heavy atom. The number of aryl methyl sites for hydroxylation is 2. The summed E-state index contributed by atoms with van der Waals surface area (Å²) in [6.45, 7) is 4.43. The maximum atomic E-state index is 13.5. The van der Waals surface area contributed by atoms with Crippen LogP contribution in [-0.2, 0) is 11.4 Å². The zero-order valence-electron chi connectivity index (χ0n) is 20.8. The van der Waals surface area contributed by atoms with Gasteiger partial charge < -0.3 is 4.74 Å². The number of hydrogen-bond acceptors (Lipinski definition) is 4. The van der Waals surface area contributed by atoms with Gasteiger partial charge in [0.15, 0.2) is 5.17 Å². The Morgan fingerprint density at radius 2 is 1.50 bits per heavy atom. The standard InChI is InChI=1S/C31H24Cl2N2O2S/c1-20-3-10-24(11-4-20)34-31-35(25-12-5-21(2)6-13-25)30(36)29(38-31)18-22-7-14-26(15-8-22)37-19-23-9-16-27(32)28(33)17-23/h3-18H,19H2,1-2H3/b29-18+,34-31?. The van der Waals surface area contributed by atoms with Crippen molar-refractivity contribution in [3.63, 3.8) is 0 Å². The van der Waals surface area contributed by atoms with Crippen LogP contribution in [0.25, 0.3) is 6.08 Å². The van der Waals surface area contributed by atoms with Crippen molar-refractivity contribution in [1.29, 1.82) is 0 Å². The van der Waals surface area contributed by atoms with Gasteiger partial charge in [0.2, 0.25) is 0 Å². The first-order chi connectivity index (χ1) is 18.4. The maximum Gasteiger partial charge on any atom is 0.271 e. The fourth-order valence-corrected chi connectivity index (χ4v) is 5.13. The minimum atomic E-state index is -0.107. The van der Waals surface area contributed by atoms with Gasteiger partial charge in [-0.1, -0.05) is 76.8 Å². The molecule has 0 radical (unpaired) electrons. The van der Waals surface area contributed by atoms with E-state index in [0.29, 0.717) is 32.5 Å². The molecule has 0 saturated carbocycles. The van der Waals surface area contributed by atoms with Crippen molar-refractivity contribution in [2.24, 2.45) is 4.99 Å². The molecule has 5 rings (SSSR count). The SMILES string of the molecule is Cc1ccc(N=C2S/C(=C/c3ccc(OCc4ccc(Cl)c(Cl)c4)cc3)C(=O)N2c2ccc(C)cc2)cc1. The highest BCUT2D eigenvalue weighted by Crippen LogP contribution is 2.37. The minimum Gasteiger partial charge on any atom is -0.489 e. The van der Waals surface area contributed by atoms with Gasteiger partial charge in [-0.3, -0.25) is 9.69 Å². The van der Waals surface area contributed by atoms with Crippen LogP contribution in [0, 0.1) is 13.8 Å². The molecule has 38 heavy (non-hydrogen) atoms. The predicted octanol–water partition coefficient (Wildman–Crippen LogP) is 9.00. The van der Waals surface area contributed by atoms with Crippen LogP contribution in [0.15, 0.2) is 101 Å². The average Bonchev–Trinajstić information content (AvgIpc) is 3.21. The van der Waals surface area contributed by atoms with E-state index in [0.717, 1.165) is 33.6 Å². The first kappa shape index (κ1) is 26.1. The van der Waals surface area contributed by atoms with Crippen molar-refractivity contribution in [1.82, 2.24) is 0 Å². The summed E-state index contributed by atoms with van der Waals surface area (Å²) in [6.07, 6.45) is 1.88. The highest BCUT2D eigenvalue weighted by molar-refractivity contribution is 8.19. The number of carbonyl (C=O) groups is 1. The minimum absolute atomic E-state index is 0.107. The van der Waals surface area contributed by atoms with Crippen LogP contribution in [0.4, 0.5) is 11.4 Å². The number of hydrogen-bond donors (Lipinski definition) is 0. The first-order valence-electron chi connectivity index (χ1n) is 12.0. The zero-order chi connectivity index (χ0) is 26.6. The Kier molecular flexibility index (Phi) is 7.89. The highest BCUT2D eigenvalue weighted by atomic mass is 35.5. The van der Waals surface area contributed by atoms with Crippen LogP contribution in [0.3, 0.4) is 0 Å². The van der Waals surface area contributed by atoms with Gasteiger partial charge in [0.1, 0.15) is 12.4 Å². The van der Waals surface area contributed by atoms with Gasteiger partial charge in [0.05, 0.1) is 26.3 Å². The fourth-order valence-electron chi connectivity index (χ4n) is 3.81. The van der Waals surface area contributed by atoms with E-state index in [4.69, 9.17) is 32.9 Å². The van der Waals surface area contributed by atoms with Crippen LogP contribution in [-0.4, -0.2) is 11.1 Å². The third-order valence-electron chi connectivity index (χ3n) is 5.92. The molecule has 1 fully saturated rings. The van der Waals surface area contributed by atoms with E-state index in [1.807, 2.05) is 98.8 Å². The van der Waals surface area contributed by atoms with Gasteiger partial charge in [-0.15, -0.1) is 0 Å². The summed E-state index contributed by atoms with van der Waals surface area (Å²) in [6, 6.07) is 28.9. The molecule has 1 aliphatic heterocycles. The van der Waals surface area contributed by atoms with Crippen molar-refractivity contribution in [2.45, 2.75) is 20.5 Å². The second kappa shape index (κ2) is 11.5. The van der Waals surface area contributed by atoms with E-state index >= 15 is 0 Å². The van der Waals surface area contributed by atoms with Gasteiger partial charge in [-0.05, 0) is 91.3 Å². The topological polar surface area (TPSA) is 41.9 Å². The molecule has 0 unspecified atom stereocenters. The number of amides is 1. The Hall–Kier alpha value is -3.51. The number of carbonyl (C=O) groups excluding carboxylic acids is 1. The monoisotopic (exact) mass is 558 g/mol. The van der Waals surface area contributed by atoms with Crippen molar-refractivity contribution in [3.8, 4) is 5.75 Å². The summed E-state index contributed by atoms with van der Waals surface area (Å²) in [4.78, 5) is 20.6. The molecule has 0 bridgehead atoms. The maximum absolute atomic E-state index is 13.5. The Morgan fingerprint density at radius 3 is 2.16 bits per heavy atom. The number of benzene rings is 4. The van der Waals surface area contributed by atoms with Crippen molar-refractivity contribution in [3.05, 3.63) is 128 Å². The molecule has 1 heterocycles. The van der Waals surface area contributed by atoms with E-state index < -0.39 is 0 Å². The molecule has 190 valence electrons. The van der Waals surface area contributed by atoms with Crippen LogP contribution >= 0.6 is 35.0 Å². The number of anilines is 1. The fraction of sp³-hybridized carbons (Fsp3) is 0.0968. The molecule has 0 aromatic heterocycles. The Balaban J connectivity index is 1.37. The quantitative estimate of drug-likeness (QED) is 0.222. The predicted molar refractivity (Wildman–Crippen MR) is 160 cm³/mol. The van der Waals surface area contributed by atoms with Gasteiger partial charge in [0.25, 0.3) is 5.91 Å². The lowest BCUT2D eigenvalue weighted by Crippen LogP contribution is -2.28. The molecule has 0 atom stereocenters. The second-order valence-corrected chi connectivity index (χ2v) is 10.7. The van der Waals surface area contributed by atoms with E-state index in [1.165, 1.54) is 11.8 Å². The molecule has 0 spiro atoms. The largest absolute Gasteiger partial charge is 0.489 e. The van der Waals surface area contributed by atoms with Crippen molar-refractivity contribution in [2.75, 3.05) is 4.90 Å². The molecule has 0 N–H and O–H groups in total. The number of nitrogens with zero attached hydrogens (tertiary/aromatic N) is 2. The molecule has 4 nitrogen and oxygen atoms in total. The third kappa shape index (κ3) is 6.13. The van der Waals surface area contributed by atoms with Gasteiger partial charge in [0, 0.05) is 0 Å². The van der Waals surface area contributed by atoms with E-state index in [9.17, 15) is 4.79 Å². The highest BCUT2D eigenvalue weighted by Gasteiger charge is 2.34. The summed E-state index contributed by atoms with van der Waals surface area (Å²) in [5, 5.41) is 1.63. The summed E-state index contributed by atoms with van der Waals surface area (Å²) >= 11 is 13.4. The molecule has 4 aromatic carbocycles. The zero-order valence-corrected chi connectivity index (χ0v) is 23.1. The lowest BCUT2D eigenvalue weighted by molar-refractivity contribution is -0.113. The number of aliphatic imine (C=N–C) groups is 1. The summed E-state index contributed by atoms with van der Waals surface area (Å²) in [5.41, 5.74) is 5.69. The van der Waals surface area contributed by atoms with Crippen molar-refractivity contribution < 1.29 is 9.53 Å². The molecular weight excluding hydrogens is 535 g/mol. The Labute approximate surface area is 236 Å². The molecule has 1 saturated heterocycles. The number of thioether (sulfide) groups is 1. The average molecular weight is 560 g/mol. The van der Waals surface area contributed by atoms with Crippen LogP contribution in [0.1, 0.15) is 22.3 Å². The molecule has 4 aromatic rings. The van der Waals surface area contributed by atoms with Gasteiger partial charge in [-0.2, -0.15) is 0 Å². The molecule has 7 heteroatoms. The molecule has 0 aliphatic carbocycles. The second-order valence-electron chi connectivity index (χ2n) is 8.92. The molecular formula is C31H24Cl2N2O2S. The van der Waals surface area contributed by atoms with Crippen molar-refractivity contribution >= 4 is 63.5 Å². The third-order valence-corrected chi connectivity index (χ3v) is 7.63. The van der Waals surface area contributed by atoms with Crippen LogP contribution < -0.4 is 9.64 Å². The van der Waals surface area contributed by atoms with E-state index in [2.05, 4.69) is 0 Å². The summed E-state index contributed by atoms with van der Waals surface area (Å²) in [5.74, 6) is 0.608. The van der Waals surface area contributed by atoms with Gasteiger partial charge >= 0.3 is 0 Å². The number of ether oxygens (including phenoxy) is 1. The number of rotatable bonds is 6. The normalized spacial score (nSPS) is 15.5.